The van der Waals surface area contributed by atoms with Gasteiger partial charge in [-0.15, -0.1) is 11.3 Å². The lowest BCUT2D eigenvalue weighted by Gasteiger charge is -2.36. The minimum Gasteiger partial charge on any atom is -0.497 e. The predicted octanol–water partition coefficient (Wildman–Crippen LogP) is 4.64. The monoisotopic (exact) mass is 458 g/mol. The van der Waals surface area contributed by atoms with Crippen LogP contribution in [0.15, 0.2) is 78.3 Å². The van der Waals surface area contributed by atoms with Crippen molar-refractivity contribution in [3.8, 4) is 27.7 Å². The van der Waals surface area contributed by atoms with Gasteiger partial charge in [0.15, 0.2) is 0 Å². The van der Waals surface area contributed by atoms with Crippen LogP contribution in [0.2, 0.25) is 0 Å². The molecule has 1 aliphatic rings. The molecule has 0 aliphatic carbocycles. The molecule has 4 aromatic rings. The van der Waals surface area contributed by atoms with Crippen molar-refractivity contribution < 1.29 is 9.53 Å². The Morgan fingerprint density at radius 2 is 1.73 bits per heavy atom. The van der Waals surface area contributed by atoms with E-state index in [4.69, 9.17) is 9.72 Å². The molecule has 1 fully saturated rings. The van der Waals surface area contributed by atoms with Gasteiger partial charge < -0.3 is 19.1 Å². The summed E-state index contributed by atoms with van der Waals surface area (Å²) in [6.07, 6.45) is 1.96. The highest BCUT2D eigenvalue weighted by Gasteiger charge is 2.22. The van der Waals surface area contributed by atoms with E-state index >= 15 is 0 Å². The molecule has 5 rings (SSSR count). The number of benzene rings is 2. The van der Waals surface area contributed by atoms with Gasteiger partial charge in [0, 0.05) is 49.0 Å². The van der Waals surface area contributed by atoms with E-state index in [1.54, 1.807) is 18.4 Å². The van der Waals surface area contributed by atoms with Gasteiger partial charge in [-0.2, -0.15) is 0 Å². The summed E-state index contributed by atoms with van der Waals surface area (Å²) in [5, 5.41) is 3.00. The predicted molar refractivity (Wildman–Crippen MR) is 133 cm³/mol. The summed E-state index contributed by atoms with van der Waals surface area (Å²) in [4.78, 5) is 22.1. The number of piperazine rings is 1. The zero-order valence-corrected chi connectivity index (χ0v) is 19.4. The first kappa shape index (κ1) is 21.3. The topological polar surface area (TPSA) is 50.6 Å². The molecule has 33 heavy (non-hydrogen) atoms. The summed E-state index contributed by atoms with van der Waals surface area (Å²) in [6, 6.07) is 22.3. The Kier molecular flexibility index (Phi) is 6.13. The fourth-order valence-corrected chi connectivity index (χ4v) is 5.00. The fourth-order valence-electron chi connectivity index (χ4n) is 4.13. The SMILES string of the molecule is COc1ccc(N2CCN(C(=O)Cn3cccc3-c3nc(-c4ccccc4)cs3)CC2)cc1. The van der Waals surface area contributed by atoms with Crippen molar-refractivity contribution in [1.29, 1.82) is 0 Å². The van der Waals surface area contributed by atoms with Crippen LogP contribution in [0.25, 0.3) is 22.0 Å². The van der Waals surface area contributed by atoms with Crippen molar-refractivity contribution in [3.05, 3.63) is 78.3 Å². The first-order valence-corrected chi connectivity index (χ1v) is 11.9. The standard InChI is InChI=1S/C26H26N4O2S/c1-32-22-11-9-21(10-12-22)28-14-16-29(17-15-28)25(31)18-30-13-5-8-24(30)26-27-23(19-33-26)20-6-3-2-4-7-20/h2-13,19H,14-18H2,1H3. The van der Waals surface area contributed by atoms with Crippen LogP contribution in [-0.2, 0) is 11.3 Å². The van der Waals surface area contributed by atoms with Crippen LogP contribution in [-0.4, -0.2) is 53.6 Å². The molecule has 0 spiro atoms. The van der Waals surface area contributed by atoms with Crippen LogP contribution in [0.1, 0.15) is 0 Å². The maximum atomic E-state index is 13.1. The molecule has 2 aromatic carbocycles. The maximum Gasteiger partial charge on any atom is 0.242 e. The lowest BCUT2D eigenvalue weighted by atomic mass is 10.2. The first-order valence-electron chi connectivity index (χ1n) is 11.0. The summed E-state index contributed by atoms with van der Waals surface area (Å²) >= 11 is 1.61. The second-order valence-electron chi connectivity index (χ2n) is 7.99. The highest BCUT2D eigenvalue weighted by atomic mass is 32.1. The van der Waals surface area contributed by atoms with Crippen molar-refractivity contribution in [1.82, 2.24) is 14.5 Å². The Morgan fingerprint density at radius 3 is 2.45 bits per heavy atom. The molecule has 7 heteroatoms. The van der Waals surface area contributed by atoms with E-state index < -0.39 is 0 Å². The zero-order valence-electron chi connectivity index (χ0n) is 18.6. The van der Waals surface area contributed by atoms with Gasteiger partial charge in [-0.1, -0.05) is 30.3 Å². The quantitative estimate of drug-likeness (QED) is 0.423. The van der Waals surface area contributed by atoms with Gasteiger partial charge in [-0.25, -0.2) is 4.98 Å². The Hall–Kier alpha value is -3.58. The molecule has 0 N–H and O–H groups in total. The first-order chi connectivity index (χ1) is 16.2. The van der Waals surface area contributed by atoms with Crippen molar-refractivity contribution in [2.45, 2.75) is 6.54 Å². The number of hydrogen-bond donors (Lipinski definition) is 0. The molecule has 3 heterocycles. The number of methoxy groups -OCH3 is 1. The van der Waals surface area contributed by atoms with Crippen LogP contribution in [0.5, 0.6) is 5.75 Å². The average Bonchev–Trinajstić information content (AvgIpc) is 3.54. The third-order valence-corrected chi connectivity index (χ3v) is 6.86. The highest BCUT2D eigenvalue weighted by Crippen LogP contribution is 2.29. The number of nitrogens with zero attached hydrogens (tertiary/aromatic N) is 4. The summed E-state index contributed by atoms with van der Waals surface area (Å²) < 4.78 is 7.25. The van der Waals surface area contributed by atoms with Crippen LogP contribution >= 0.6 is 11.3 Å². The summed E-state index contributed by atoms with van der Waals surface area (Å²) in [5.74, 6) is 0.993. The van der Waals surface area contributed by atoms with Gasteiger partial charge in [-0.05, 0) is 36.4 Å². The summed E-state index contributed by atoms with van der Waals surface area (Å²) in [6.45, 7) is 3.41. The number of carbonyl (C=O) groups is 1. The number of carbonyl (C=O) groups excluding carboxylic acids is 1. The minimum atomic E-state index is 0.140. The van der Waals surface area contributed by atoms with Gasteiger partial charge in [0.1, 0.15) is 17.3 Å². The molecule has 0 radical (unpaired) electrons. The van der Waals surface area contributed by atoms with Gasteiger partial charge in [0.2, 0.25) is 5.91 Å². The third-order valence-electron chi connectivity index (χ3n) is 6.00. The van der Waals surface area contributed by atoms with E-state index in [1.807, 2.05) is 58.1 Å². The van der Waals surface area contributed by atoms with Crippen molar-refractivity contribution >= 4 is 22.9 Å². The molecule has 1 aliphatic heterocycles. The van der Waals surface area contributed by atoms with Crippen molar-refractivity contribution in [2.24, 2.45) is 0 Å². The van der Waals surface area contributed by atoms with E-state index in [0.717, 1.165) is 59.6 Å². The number of hydrogen-bond acceptors (Lipinski definition) is 5. The van der Waals surface area contributed by atoms with E-state index in [2.05, 4.69) is 34.5 Å². The van der Waals surface area contributed by atoms with Gasteiger partial charge in [0.25, 0.3) is 0 Å². The third kappa shape index (κ3) is 4.64. The average molecular weight is 459 g/mol. The molecule has 0 saturated carbocycles. The molecule has 168 valence electrons. The van der Waals surface area contributed by atoms with E-state index in [9.17, 15) is 4.79 Å². The minimum absolute atomic E-state index is 0.140. The zero-order chi connectivity index (χ0) is 22.6. The highest BCUT2D eigenvalue weighted by molar-refractivity contribution is 7.13. The number of ether oxygens (including phenoxy) is 1. The van der Waals surface area contributed by atoms with Crippen LogP contribution in [0, 0.1) is 0 Å². The second kappa shape index (κ2) is 9.50. The molecule has 0 bridgehead atoms. The number of rotatable bonds is 6. The Bertz CT molecular complexity index is 1210. The molecular weight excluding hydrogens is 432 g/mol. The molecule has 0 unspecified atom stereocenters. The smallest absolute Gasteiger partial charge is 0.242 e. The Labute approximate surface area is 197 Å². The summed E-state index contributed by atoms with van der Waals surface area (Å²) in [7, 11) is 1.67. The van der Waals surface area contributed by atoms with Gasteiger partial charge >= 0.3 is 0 Å². The van der Waals surface area contributed by atoms with Crippen LogP contribution in [0.4, 0.5) is 5.69 Å². The molecule has 2 aromatic heterocycles. The Morgan fingerprint density at radius 1 is 0.970 bits per heavy atom. The normalized spacial score (nSPS) is 13.8. The number of amides is 1. The fraction of sp³-hybridized carbons (Fsp3) is 0.231. The largest absolute Gasteiger partial charge is 0.497 e. The van der Waals surface area contributed by atoms with Crippen molar-refractivity contribution in [2.75, 3.05) is 38.2 Å². The Balaban J connectivity index is 1.22. The van der Waals surface area contributed by atoms with E-state index in [1.165, 1.54) is 0 Å². The van der Waals surface area contributed by atoms with Crippen LogP contribution in [0.3, 0.4) is 0 Å². The molecule has 1 amide bonds. The van der Waals surface area contributed by atoms with Crippen molar-refractivity contribution in [3.63, 3.8) is 0 Å². The lowest BCUT2D eigenvalue weighted by molar-refractivity contribution is -0.132. The number of anilines is 1. The number of aromatic nitrogens is 2. The van der Waals surface area contributed by atoms with Gasteiger partial charge in [0.05, 0.1) is 18.5 Å². The maximum absolute atomic E-state index is 13.1. The molecule has 1 saturated heterocycles. The lowest BCUT2D eigenvalue weighted by Crippen LogP contribution is -2.49. The second-order valence-corrected chi connectivity index (χ2v) is 8.85. The van der Waals surface area contributed by atoms with Gasteiger partial charge in [-0.3, -0.25) is 4.79 Å². The molecular formula is C26H26N4O2S. The van der Waals surface area contributed by atoms with Crippen LogP contribution < -0.4 is 9.64 Å². The molecule has 6 nitrogen and oxygen atoms in total. The van der Waals surface area contributed by atoms with E-state index in [0.29, 0.717) is 6.54 Å². The van der Waals surface area contributed by atoms with E-state index in [-0.39, 0.29) is 5.91 Å². The summed E-state index contributed by atoms with van der Waals surface area (Å²) in [5.41, 5.74) is 4.20. The number of thiazole rings is 1. The molecule has 0 atom stereocenters.